The normalized spacial score (nSPS) is 27.7. The number of aliphatic hydroxyl groups is 1. The number of carbonyl (C=O) groups is 1. The van der Waals surface area contributed by atoms with Gasteiger partial charge >= 0.3 is 6.09 Å². The second kappa shape index (κ2) is 8.72. The first-order chi connectivity index (χ1) is 14.0. The molecule has 1 aliphatic carbocycles. The Bertz CT molecular complexity index is 790. The molecular weight excluding hydrogens is 364 g/mol. The first-order valence-electron chi connectivity index (χ1n) is 10.8. The summed E-state index contributed by atoms with van der Waals surface area (Å²) >= 11 is 0. The zero-order chi connectivity index (χ0) is 20.3. The molecule has 1 aromatic carbocycles. The lowest BCUT2D eigenvalue weighted by Crippen LogP contribution is -2.40. The molecule has 1 aromatic rings. The number of allylic oxidation sites excluding steroid dienone is 4. The highest BCUT2D eigenvalue weighted by molar-refractivity contribution is 5.68. The van der Waals surface area contributed by atoms with Crippen LogP contribution in [0.2, 0.25) is 0 Å². The van der Waals surface area contributed by atoms with E-state index in [9.17, 15) is 9.90 Å². The van der Waals surface area contributed by atoms with Crippen molar-refractivity contribution in [2.75, 3.05) is 32.8 Å². The predicted molar refractivity (Wildman–Crippen MR) is 113 cm³/mol. The average Bonchev–Trinajstić information content (AvgIpc) is 3.24. The molecular formula is C24H32N2O3. The standard InChI is InChI=1S/C24H32N2O3/c1-24(11-5-2-6-12-24)21-10-14-26(16-21)23(28)29-18-22(27)17-25-13-9-19-7-3-4-8-20(19)15-25/h2-8,11,21-22,27H,9-10,12-18H2,1H3/t21-,22-,24?/m1/s1. The Labute approximate surface area is 173 Å². The Morgan fingerprint density at radius 2 is 2.10 bits per heavy atom. The molecule has 0 saturated carbocycles. The van der Waals surface area contributed by atoms with Crippen molar-refractivity contribution < 1.29 is 14.6 Å². The summed E-state index contributed by atoms with van der Waals surface area (Å²) in [5.74, 6) is 0.453. The Morgan fingerprint density at radius 1 is 1.28 bits per heavy atom. The van der Waals surface area contributed by atoms with Crippen LogP contribution in [0.1, 0.15) is 30.9 Å². The van der Waals surface area contributed by atoms with Gasteiger partial charge in [0.05, 0.1) is 0 Å². The topological polar surface area (TPSA) is 53.0 Å². The molecule has 3 aliphatic rings. The monoisotopic (exact) mass is 396 g/mol. The van der Waals surface area contributed by atoms with Crippen molar-refractivity contribution in [3.63, 3.8) is 0 Å². The highest BCUT2D eigenvalue weighted by Gasteiger charge is 2.38. The van der Waals surface area contributed by atoms with Crippen LogP contribution in [0.25, 0.3) is 0 Å². The molecule has 1 saturated heterocycles. The van der Waals surface area contributed by atoms with E-state index in [1.807, 2.05) is 0 Å². The summed E-state index contributed by atoms with van der Waals surface area (Å²) in [6, 6.07) is 8.46. The van der Waals surface area contributed by atoms with Gasteiger partial charge in [-0.15, -0.1) is 0 Å². The van der Waals surface area contributed by atoms with Crippen molar-refractivity contribution in [3.8, 4) is 0 Å². The van der Waals surface area contributed by atoms with Crippen molar-refractivity contribution >= 4 is 6.09 Å². The van der Waals surface area contributed by atoms with Gasteiger partial charge in [-0.1, -0.05) is 55.5 Å². The second-order valence-corrected chi connectivity index (χ2v) is 8.91. The lowest BCUT2D eigenvalue weighted by atomic mass is 9.72. The van der Waals surface area contributed by atoms with E-state index in [4.69, 9.17) is 4.74 Å². The molecule has 1 fully saturated rings. The molecule has 0 aromatic heterocycles. The molecule has 2 aliphatic heterocycles. The molecule has 156 valence electrons. The molecule has 0 bridgehead atoms. The van der Waals surface area contributed by atoms with Gasteiger partial charge in [0.2, 0.25) is 0 Å². The number of benzene rings is 1. The fraction of sp³-hybridized carbons (Fsp3) is 0.542. The molecule has 5 nitrogen and oxygen atoms in total. The SMILES string of the molecule is CC1([C@@H]2CCN(C(=O)OC[C@H](O)CN3CCc4ccccc4C3)C2)C=CC=CC1. The van der Waals surface area contributed by atoms with Gasteiger partial charge < -0.3 is 14.7 Å². The van der Waals surface area contributed by atoms with E-state index in [0.29, 0.717) is 12.5 Å². The molecule has 3 atom stereocenters. The van der Waals surface area contributed by atoms with E-state index in [0.717, 1.165) is 45.4 Å². The fourth-order valence-electron chi connectivity index (χ4n) is 4.83. The number of likely N-dealkylation sites (tertiary alicyclic amines) is 1. The van der Waals surface area contributed by atoms with Crippen molar-refractivity contribution in [3.05, 3.63) is 59.7 Å². The predicted octanol–water partition coefficient (Wildman–Crippen LogP) is 3.39. The molecule has 0 radical (unpaired) electrons. The van der Waals surface area contributed by atoms with Gasteiger partial charge in [-0.3, -0.25) is 4.90 Å². The number of aliphatic hydroxyl groups excluding tert-OH is 1. The maximum atomic E-state index is 12.5. The minimum Gasteiger partial charge on any atom is -0.447 e. The fourth-order valence-corrected chi connectivity index (χ4v) is 4.83. The average molecular weight is 397 g/mol. The lowest BCUT2D eigenvalue weighted by molar-refractivity contribution is 0.0288. The van der Waals surface area contributed by atoms with E-state index in [1.54, 1.807) is 4.90 Å². The highest BCUT2D eigenvalue weighted by atomic mass is 16.6. The zero-order valence-electron chi connectivity index (χ0n) is 17.3. The van der Waals surface area contributed by atoms with Crippen molar-refractivity contribution in [1.29, 1.82) is 0 Å². The maximum absolute atomic E-state index is 12.5. The Kier molecular flexibility index (Phi) is 6.07. The van der Waals surface area contributed by atoms with Crippen LogP contribution >= 0.6 is 0 Å². The number of rotatable bonds is 5. The van der Waals surface area contributed by atoms with Crippen molar-refractivity contribution in [2.24, 2.45) is 11.3 Å². The van der Waals surface area contributed by atoms with Crippen LogP contribution in [0.3, 0.4) is 0 Å². The number of β-amino-alcohol motifs (C(OH)–C–C–N with tert-alkyl or cyclic N) is 1. The van der Waals surface area contributed by atoms with Crippen LogP contribution in [0.15, 0.2) is 48.6 Å². The van der Waals surface area contributed by atoms with E-state index in [-0.39, 0.29) is 18.1 Å². The van der Waals surface area contributed by atoms with Crippen LogP contribution in [-0.2, 0) is 17.7 Å². The third-order valence-electron chi connectivity index (χ3n) is 6.74. The first kappa shape index (κ1) is 20.2. The zero-order valence-corrected chi connectivity index (χ0v) is 17.3. The number of nitrogens with zero attached hydrogens (tertiary/aromatic N) is 2. The second-order valence-electron chi connectivity index (χ2n) is 8.91. The van der Waals surface area contributed by atoms with Gasteiger partial charge in [0.25, 0.3) is 0 Å². The first-order valence-corrected chi connectivity index (χ1v) is 10.8. The summed E-state index contributed by atoms with van der Waals surface area (Å²) in [4.78, 5) is 16.5. The van der Waals surface area contributed by atoms with Gasteiger partial charge in [0.15, 0.2) is 0 Å². The van der Waals surface area contributed by atoms with Gasteiger partial charge in [-0.25, -0.2) is 4.79 Å². The lowest BCUT2D eigenvalue weighted by Gasteiger charge is -2.33. The Hall–Kier alpha value is -2.11. The summed E-state index contributed by atoms with van der Waals surface area (Å²) in [5, 5.41) is 10.4. The largest absolute Gasteiger partial charge is 0.447 e. The molecule has 29 heavy (non-hydrogen) atoms. The highest BCUT2D eigenvalue weighted by Crippen LogP contribution is 2.40. The number of hydrogen-bond acceptors (Lipinski definition) is 4. The summed E-state index contributed by atoms with van der Waals surface area (Å²) in [6.07, 6.45) is 10.7. The number of amides is 1. The number of hydrogen-bond donors (Lipinski definition) is 1. The van der Waals surface area contributed by atoms with Crippen molar-refractivity contribution in [1.82, 2.24) is 9.80 Å². The maximum Gasteiger partial charge on any atom is 0.409 e. The number of ether oxygens (including phenoxy) is 1. The van der Waals surface area contributed by atoms with Crippen LogP contribution < -0.4 is 0 Å². The van der Waals surface area contributed by atoms with E-state index in [2.05, 4.69) is 60.4 Å². The molecule has 1 N–H and O–H groups in total. The molecule has 0 spiro atoms. The van der Waals surface area contributed by atoms with Crippen LogP contribution in [-0.4, -0.2) is 59.9 Å². The summed E-state index contributed by atoms with van der Waals surface area (Å²) < 4.78 is 5.45. The van der Waals surface area contributed by atoms with E-state index < -0.39 is 6.10 Å². The van der Waals surface area contributed by atoms with Crippen molar-refractivity contribution in [2.45, 2.75) is 38.8 Å². The minimum absolute atomic E-state index is 0.0536. The smallest absolute Gasteiger partial charge is 0.409 e. The third-order valence-corrected chi connectivity index (χ3v) is 6.74. The van der Waals surface area contributed by atoms with Gasteiger partial charge in [-0.05, 0) is 41.7 Å². The van der Waals surface area contributed by atoms with Crippen LogP contribution in [0, 0.1) is 11.3 Å². The van der Waals surface area contributed by atoms with E-state index >= 15 is 0 Å². The van der Waals surface area contributed by atoms with Gasteiger partial charge in [0, 0.05) is 32.7 Å². The summed E-state index contributed by atoms with van der Waals surface area (Å²) in [5.41, 5.74) is 2.84. The molecule has 1 unspecified atom stereocenters. The summed E-state index contributed by atoms with van der Waals surface area (Å²) in [7, 11) is 0. The molecule has 2 heterocycles. The number of fused-ring (bicyclic) bond motifs is 1. The van der Waals surface area contributed by atoms with Crippen LogP contribution in [0.5, 0.6) is 0 Å². The molecule has 5 heteroatoms. The van der Waals surface area contributed by atoms with E-state index in [1.165, 1.54) is 11.1 Å². The molecule has 1 amide bonds. The van der Waals surface area contributed by atoms with Crippen LogP contribution in [0.4, 0.5) is 4.79 Å². The summed E-state index contributed by atoms with van der Waals surface area (Å²) in [6.45, 7) is 6.08. The minimum atomic E-state index is -0.661. The number of carbonyl (C=O) groups excluding carboxylic acids is 1. The van der Waals surface area contributed by atoms with Gasteiger partial charge in [-0.2, -0.15) is 0 Å². The quantitative estimate of drug-likeness (QED) is 0.829. The molecule has 4 rings (SSSR count). The Balaban J connectivity index is 1.21. The Morgan fingerprint density at radius 3 is 2.90 bits per heavy atom. The third kappa shape index (κ3) is 4.73. The van der Waals surface area contributed by atoms with Gasteiger partial charge in [0.1, 0.15) is 12.7 Å².